The third-order valence-corrected chi connectivity index (χ3v) is 4.90. The summed E-state index contributed by atoms with van der Waals surface area (Å²) in [6.45, 7) is 5.28. The SMILES string of the molecule is CCC(NC(=O)c1cnc2cc(C)nn2c1C)(C(=O)O)c1ccc(Cl)cc1. The molecule has 7 nitrogen and oxygen atoms in total. The molecule has 1 aromatic carbocycles. The molecule has 2 heterocycles. The van der Waals surface area contributed by atoms with E-state index in [-0.39, 0.29) is 12.0 Å². The van der Waals surface area contributed by atoms with Crippen LogP contribution in [0.25, 0.3) is 5.65 Å². The second-order valence-corrected chi connectivity index (χ2v) is 6.77. The number of rotatable bonds is 5. The van der Waals surface area contributed by atoms with Crippen LogP contribution in [0.5, 0.6) is 0 Å². The van der Waals surface area contributed by atoms with Gasteiger partial charge in [0.1, 0.15) is 0 Å². The second kappa shape index (κ2) is 7.00. The molecular formula is C19H19ClN4O3. The quantitative estimate of drug-likeness (QED) is 0.702. The maximum atomic E-state index is 13.0. The molecule has 140 valence electrons. The molecule has 0 fully saturated rings. The van der Waals surface area contributed by atoms with Crippen LogP contribution in [0.2, 0.25) is 5.02 Å². The summed E-state index contributed by atoms with van der Waals surface area (Å²) in [4.78, 5) is 29.3. The van der Waals surface area contributed by atoms with Crippen LogP contribution in [0.15, 0.2) is 36.5 Å². The Hall–Kier alpha value is -2.93. The lowest BCUT2D eigenvalue weighted by Crippen LogP contribution is -2.51. The summed E-state index contributed by atoms with van der Waals surface area (Å²) in [5, 5.41) is 17.4. The van der Waals surface area contributed by atoms with Crippen molar-refractivity contribution in [3.05, 3.63) is 64.1 Å². The molecule has 3 aromatic rings. The van der Waals surface area contributed by atoms with Crippen molar-refractivity contribution in [1.29, 1.82) is 0 Å². The Morgan fingerprint density at radius 3 is 2.52 bits per heavy atom. The van der Waals surface area contributed by atoms with E-state index in [1.54, 1.807) is 48.7 Å². The van der Waals surface area contributed by atoms with Gasteiger partial charge < -0.3 is 10.4 Å². The molecule has 27 heavy (non-hydrogen) atoms. The Balaban J connectivity index is 2.04. The van der Waals surface area contributed by atoms with Gasteiger partial charge >= 0.3 is 5.97 Å². The smallest absolute Gasteiger partial charge is 0.334 e. The molecule has 0 aliphatic carbocycles. The van der Waals surface area contributed by atoms with Gasteiger partial charge in [-0.2, -0.15) is 5.10 Å². The Bertz CT molecular complexity index is 1030. The predicted molar refractivity (Wildman–Crippen MR) is 101 cm³/mol. The minimum atomic E-state index is -1.58. The maximum Gasteiger partial charge on any atom is 0.334 e. The van der Waals surface area contributed by atoms with Crippen LogP contribution in [0.1, 0.15) is 40.7 Å². The average molecular weight is 387 g/mol. The van der Waals surface area contributed by atoms with Crippen LogP contribution >= 0.6 is 11.6 Å². The van der Waals surface area contributed by atoms with Gasteiger partial charge in [-0.1, -0.05) is 30.7 Å². The first-order valence-electron chi connectivity index (χ1n) is 8.42. The van der Waals surface area contributed by atoms with Gasteiger partial charge in [-0.25, -0.2) is 14.3 Å². The zero-order valence-electron chi connectivity index (χ0n) is 15.2. The van der Waals surface area contributed by atoms with Gasteiger partial charge in [-0.15, -0.1) is 0 Å². The van der Waals surface area contributed by atoms with Crippen LogP contribution in [0.4, 0.5) is 0 Å². The Kier molecular flexibility index (Phi) is 4.89. The summed E-state index contributed by atoms with van der Waals surface area (Å²) in [5.41, 5.74) is 1.10. The standard InChI is InChI=1S/C19H19ClN4O3/c1-4-19(18(26)27,13-5-7-14(20)8-6-13)22-17(25)15-10-21-16-9-11(2)23-24(16)12(15)3/h5-10H,4H2,1-3H3,(H,22,25)(H,26,27). The number of amides is 1. The summed E-state index contributed by atoms with van der Waals surface area (Å²) < 4.78 is 1.57. The highest BCUT2D eigenvalue weighted by atomic mass is 35.5. The second-order valence-electron chi connectivity index (χ2n) is 6.34. The highest BCUT2D eigenvalue weighted by molar-refractivity contribution is 6.30. The molecule has 2 N–H and O–H groups in total. The van der Waals surface area contributed by atoms with Crippen molar-refractivity contribution in [3.8, 4) is 0 Å². The number of nitrogens with zero attached hydrogens (tertiary/aromatic N) is 3. The highest BCUT2D eigenvalue weighted by Gasteiger charge is 2.40. The molecule has 1 amide bonds. The van der Waals surface area contributed by atoms with E-state index in [0.717, 1.165) is 5.69 Å². The van der Waals surface area contributed by atoms with Crippen molar-refractivity contribution < 1.29 is 14.7 Å². The molecule has 0 radical (unpaired) electrons. The number of carbonyl (C=O) groups is 2. The number of carbonyl (C=O) groups excluding carboxylic acids is 1. The van der Waals surface area contributed by atoms with Gasteiger partial charge in [0.15, 0.2) is 11.2 Å². The van der Waals surface area contributed by atoms with Crippen LogP contribution in [0.3, 0.4) is 0 Å². The van der Waals surface area contributed by atoms with E-state index in [4.69, 9.17) is 11.6 Å². The Morgan fingerprint density at radius 1 is 1.26 bits per heavy atom. The lowest BCUT2D eigenvalue weighted by molar-refractivity contribution is -0.145. The van der Waals surface area contributed by atoms with E-state index < -0.39 is 17.4 Å². The third-order valence-electron chi connectivity index (χ3n) is 4.65. The summed E-state index contributed by atoms with van der Waals surface area (Å²) >= 11 is 5.91. The highest BCUT2D eigenvalue weighted by Crippen LogP contribution is 2.28. The van der Waals surface area contributed by atoms with Crippen molar-refractivity contribution in [2.75, 3.05) is 0 Å². The number of aliphatic carboxylic acids is 1. The number of carboxylic acids is 1. The van der Waals surface area contributed by atoms with E-state index in [9.17, 15) is 14.7 Å². The van der Waals surface area contributed by atoms with Gasteiger partial charge in [0.2, 0.25) is 0 Å². The molecule has 0 bridgehead atoms. The summed E-state index contributed by atoms with van der Waals surface area (Å²) in [6, 6.07) is 8.20. The number of aryl methyl sites for hydroxylation is 2. The van der Waals surface area contributed by atoms with E-state index in [1.165, 1.54) is 6.20 Å². The van der Waals surface area contributed by atoms with Crippen LogP contribution < -0.4 is 5.32 Å². The van der Waals surface area contributed by atoms with Gasteiger partial charge in [0.25, 0.3) is 5.91 Å². The largest absolute Gasteiger partial charge is 0.479 e. The van der Waals surface area contributed by atoms with Crippen molar-refractivity contribution in [3.63, 3.8) is 0 Å². The number of benzene rings is 1. The first-order chi connectivity index (χ1) is 12.8. The van der Waals surface area contributed by atoms with Crippen LogP contribution in [0, 0.1) is 13.8 Å². The Morgan fingerprint density at radius 2 is 1.93 bits per heavy atom. The van der Waals surface area contributed by atoms with Crippen molar-refractivity contribution in [2.45, 2.75) is 32.7 Å². The van der Waals surface area contributed by atoms with Gasteiger partial charge in [-0.05, 0) is 38.0 Å². The molecule has 2 aromatic heterocycles. The predicted octanol–water partition coefficient (Wildman–Crippen LogP) is 3.12. The topological polar surface area (TPSA) is 96.6 Å². The molecule has 1 unspecified atom stereocenters. The van der Waals surface area contributed by atoms with Gasteiger partial charge in [0, 0.05) is 17.3 Å². The molecule has 0 saturated heterocycles. The molecule has 0 aliphatic heterocycles. The summed E-state index contributed by atoms with van der Waals surface area (Å²) in [6.07, 6.45) is 1.59. The summed E-state index contributed by atoms with van der Waals surface area (Å²) in [7, 11) is 0. The monoisotopic (exact) mass is 386 g/mol. The molecule has 0 aliphatic rings. The van der Waals surface area contributed by atoms with Gasteiger partial charge in [0.05, 0.1) is 17.0 Å². The normalized spacial score (nSPS) is 13.3. The number of hydrogen-bond donors (Lipinski definition) is 2. The van der Waals surface area contributed by atoms with Crippen molar-refractivity contribution >= 4 is 29.1 Å². The van der Waals surface area contributed by atoms with Crippen LogP contribution in [-0.2, 0) is 10.3 Å². The average Bonchev–Trinajstić information content (AvgIpc) is 3.01. The van der Waals surface area contributed by atoms with E-state index >= 15 is 0 Å². The fourth-order valence-corrected chi connectivity index (χ4v) is 3.20. The Labute approximate surface area is 161 Å². The fourth-order valence-electron chi connectivity index (χ4n) is 3.07. The molecular weight excluding hydrogens is 368 g/mol. The lowest BCUT2D eigenvalue weighted by Gasteiger charge is -2.30. The zero-order chi connectivity index (χ0) is 19.8. The molecule has 0 saturated carbocycles. The van der Waals surface area contributed by atoms with E-state index in [2.05, 4.69) is 15.4 Å². The zero-order valence-corrected chi connectivity index (χ0v) is 15.9. The first kappa shape index (κ1) is 18.8. The van der Waals surface area contributed by atoms with E-state index in [0.29, 0.717) is 21.9 Å². The third kappa shape index (κ3) is 3.26. The number of hydrogen-bond acceptors (Lipinski definition) is 4. The van der Waals surface area contributed by atoms with Crippen LogP contribution in [-0.4, -0.2) is 31.6 Å². The minimum Gasteiger partial charge on any atom is -0.479 e. The van der Waals surface area contributed by atoms with Gasteiger partial charge in [-0.3, -0.25) is 4.79 Å². The number of aromatic nitrogens is 3. The number of carboxylic acid groups (broad SMARTS) is 1. The number of fused-ring (bicyclic) bond motifs is 1. The van der Waals surface area contributed by atoms with E-state index in [1.807, 2.05) is 6.92 Å². The number of nitrogens with one attached hydrogen (secondary N) is 1. The minimum absolute atomic E-state index is 0.158. The van der Waals surface area contributed by atoms with Crippen molar-refractivity contribution in [2.24, 2.45) is 0 Å². The molecule has 8 heteroatoms. The molecule has 0 spiro atoms. The first-order valence-corrected chi connectivity index (χ1v) is 8.80. The molecule has 3 rings (SSSR count). The van der Waals surface area contributed by atoms with Crippen molar-refractivity contribution in [1.82, 2.24) is 19.9 Å². The summed E-state index contributed by atoms with van der Waals surface area (Å²) in [5.74, 6) is -1.68. The fraction of sp³-hybridized carbons (Fsp3) is 0.263. The lowest BCUT2D eigenvalue weighted by atomic mass is 9.87. The molecule has 1 atom stereocenters. The maximum absolute atomic E-state index is 13.0. The number of halogens is 1.